The van der Waals surface area contributed by atoms with Gasteiger partial charge in [0.05, 0.1) is 0 Å². The van der Waals surface area contributed by atoms with Crippen LogP contribution in [0.25, 0.3) is 0 Å². The largest absolute Gasteiger partial charge is 0.294 e. The summed E-state index contributed by atoms with van der Waals surface area (Å²) in [6, 6.07) is 8.09. The van der Waals surface area contributed by atoms with E-state index in [2.05, 4.69) is 0 Å². The maximum Gasteiger partial charge on any atom is 0.167 e. The van der Waals surface area contributed by atoms with Crippen LogP contribution >= 0.6 is 11.6 Å². The summed E-state index contributed by atoms with van der Waals surface area (Å²) in [6.45, 7) is 1.59. The molecule has 0 heterocycles. The summed E-state index contributed by atoms with van der Waals surface area (Å²) in [5, 5.41) is 0.215. The number of aryl methyl sites for hydroxylation is 1. The third-order valence-corrected chi connectivity index (χ3v) is 3.20. The van der Waals surface area contributed by atoms with Crippen molar-refractivity contribution in [1.29, 1.82) is 0 Å². The molecule has 0 saturated carbocycles. The van der Waals surface area contributed by atoms with E-state index in [4.69, 9.17) is 11.6 Å². The maximum atomic E-state index is 13.1. The summed E-state index contributed by atoms with van der Waals surface area (Å²) in [7, 11) is 0. The van der Waals surface area contributed by atoms with E-state index in [-0.39, 0.29) is 23.0 Å². The molecule has 19 heavy (non-hydrogen) atoms. The van der Waals surface area contributed by atoms with Gasteiger partial charge in [-0.3, -0.25) is 4.79 Å². The molecule has 0 atom stereocenters. The van der Waals surface area contributed by atoms with Gasteiger partial charge >= 0.3 is 0 Å². The highest BCUT2D eigenvalue weighted by atomic mass is 35.5. The van der Waals surface area contributed by atoms with Crippen molar-refractivity contribution in [2.75, 3.05) is 0 Å². The number of hydrogen-bond donors (Lipinski definition) is 0. The number of carbonyl (C=O) groups excluding carboxylic acids is 1. The van der Waals surface area contributed by atoms with Crippen LogP contribution in [0, 0.1) is 18.6 Å². The minimum atomic E-state index is -0.446. The number of ketones is 1. The van der Waals surface area contributed by atoms with Gasteiger partial charge in [-0.05, 0) is 48.4 Å². The Morgan fingerprint density at radius 2 is 1.89 bits per heavy atom. The lowest BCUT2D eigenvalue weighted by atomic mass is 10.0. The predicted molar refractivity (Wildman–Crippen MR) is 70.6 cm³/mol. The Labute approximate surface area is 114 Å². The average Bonchev–Trinajstić information content (AvgIpc) is 2.36. The molecule has 98 valence electrons. The molecule has 0 N–H and O–H groups in total. The highest BCUT2D eigenvalue weighted by Crippen LogP contribution is 2.20. The first-order chi connectivity index (χ1) is 8.97. The van der Waals surface area contributed by atoms with Crippen LogP contribution in [0.3, 0.4) is 0 Å². The highest BCUT2D eigenvalue weighted by molar-refractivity contribution is 6.31. The third kappa shape index (κ3) is 3.18. The molecule has 1 nitrogen and oxygen atoms in total. The van der Waals surface area contributed by atoms with Crippen LogP contribution in [-0.4, -0.2) is 5.78 Å². The van der Waals surface area contributed by atoms with Crippen molar-refractivity contribution >= 4 is 17.4 Å². The van der Waals surface area contributed by atoms with Gasteiger partial charge in [-0.15, -0.1) is 0 Å². The second-order valence-electron chi connectivity index (χ2n) is 4.30. The van der Waals surface area contributed by atoms with E-state index in [1.54, 1.807) is 6.92 Å². The first-order valence-electron chi connectivity index (χ1n) is 5.70. The first kappa shape index (κ1) is 13.7. The van der Waals surface area contributed by atoms with Gasteiger partial charge in [0.2, 0.25) is 0 Å². The Kier molecular flexibility index (Phi) is 3.96. The van der Waals surface area contributed by atoms with Gasteiger partial charge in [0, 0.05) is 17.0 Å². The van der Waals surface area contributed by atoms with Crippen molar-refractivity contribution < 1.29 is 13.6 Å². The van der Waals surface area contributed by atoms with E-state index in [9.17, 15) is 13.6 Å². The molecule has 4 heteroatoms. The second-order valence-corrected chi connectivity index (χ2v) is 4.71. The molecule has 0 bridgehead atoms. The molecule has 0 amide bonds. The Balaban J connectivity index is 2.23. The van der Waals surface area contributed by atoms with Gasteiger partial charge in [-0.1, -0.05) is 17.7 Å². The Morgan fingerprint density at radius 1 is 1.16 bits per heavy atom. The van der Waals surface area contributed by atoms with Gasteiger partial charge in [0.25, 0.3) is 0 Å². The second kappa shape index (κ2) is 5.49. The van der Waals surface area contributed by atoms with Crippen molar-refractivity contribution in [1.82, 2.24) is 0 Å². The Morgan fingerprint density at radius 3 is 2.53 bits per heavy atom. The van der Waals surface area contributed by atoms with Crippen molar-refractivity contribution in [3.05, 3.63) is 69.7 Å². The van der Waals surface area contributed by atoms with Crippen LogP contribution in [0.1, 0.15) is 21.5 Å². The highest BCUT2D eigenvalue weighted by Gasteiger charge is 2.11. The first-order valence-corrected chi connectivity index (χ1v) is 6.08. The predicted octanol–water partition coefficient (Wildman–Crippen LogP) is 4.35. The van der Waals surface area contributed by atoms with Gasteiger partial charge in [-0.2, -0.15) is 0 Å². The number of carbonyl (C=O) groups is 1. The van der Waals surface area contributed by atoms with Crippen LogP contribution in [0.2, 0.25) is 5.02 Å². The quantitative estimate of drug-likeness (QED) is 0.764. The summed E-state index contributed by atoms with van der Waals surface area (Å²) in [4.78, 5) is 12.0. The molecule has 2 aromatic carbocycles. The SMILES string of the molecule is Cc1cc(C(=O)Cc2ccc(F)cc2Cl)ccc1F. The summed E-state index contributed by atoms with van der Waals surface area (Å²) >= 11 is 5.87. The van der Waals surface area contributed by atoms with Crippen LogP contribution in [0.15, 0.2) is 36.4 Å². The van der Waals surface area contributed by atoms with E-state index in [0.717, 1.165) is 0 Å². The van der Waals surface area contributed by atoms with Crippen molar-refractivity contribution in [3.63, 3.8) is 0 Å². The average molecular weight is 281 g/mol. The molecule has 0 saturated heterocycles. The van der Waals surface area contributed by atoms with Gasteiger partial charge in [-0.25, -0.2) is 8.78 Å². The summed E-state index contributed by atoms with van der Waals surface area (Å²) in [6.07, 6.45) is 0.0597. The molecule has 0 fully saturated rings. The van der Waals surface area contributed by atoms with E-state index in [1.807, 2.05) is 0 Å². The number of Topliss-reactive ketones (excluding diaryl/α,β-unsaturated/α-hetero) is 1. The summed E-state index contributed by atoms with van der Waals surface area (Å²) in [5.74, 6) is -0.980. The van der Waals surface area contributed by atoms with Crippen LogP contribution in [0.5, 0.6) is 0 Å². The van der Waals surface area contributed by atoms with E-state index in [1.165, 1.54) is 36.4 Å². The van der Waals surface area contributed by atoms with Crippen molar-refractivity contribution in [2.24, 2.45) is 0 Å². The molecule has 0 aliphatic heterocycles. The normalized spacial score (nSPS) is 10.5. The summed E-state index contributed by atoms with van der Waals surface area (Å²) < 4.78 is 26.0. The van der Waals surface area contributed by atoms with Crippen molar-refractivity contribution in [2.45, 2.75) is 13.3 Å². The molecule has 0 aliphatic rings. The molecule has 2 aromatic rings. The molecule has 0 aromatic heterocycles. The third-order valence-electron chi connectivity index (χ3n) is 2.85. The van der Waals surface area contributed by atoms with Gasteiger partial charge < -0.3 is 0 Å². The lowest BCUT2D eigenvalue weighted by molar-refractivity contribution is 0.0993. The minimum Gasteiger partial charge on any atom is -0.294 e. The lowest BCUT2D eigenvalue weighted by Crippen LogP contribution is -2.05. The smallest absolute Gasteiger partial charge is 0.167 e. The lowest BCUT2D eigenvalue weighted by Gasteiger charge is -2.05. The fraction of sp³-hybridized carbons (Fsp3) is 0.133. The molecule has 0 unspecified atom stereocenters. The van der Waals surface area contributed by atoms with E-state index in [0.29, 0.717) is 16.7 Å². The number of hydrogen-bond acceptors (Lipinski definition) is 1. The number of halogens is 3. The van der Waals surface area contributed by atoms with E-state index < -0.39 is 5.82 Å². The van der Waals surface area contributed by atoms with Crippen LogP contribution < -0.4 is 0 Å². The van der Waals surface area contributed by atoms with Crippen LogP contribution in [0.4, 0.5) is 8.78 Å². The number of benzene rings is 2. The molecular formula is C15H11ClF2O. The topological polar surface area (TPSA) is 17.1 Å². The molecule has 0 spiro atoms. The maximum absolute atomic E-state index is 13.1. The monoisotopic (exact) mass is 280 g/mol. The zero-order valence-corrected chi connectivity index (χ0v) is 11.0. The zero-order chi connectivity index (χ0) is 14.0. The molecule has 2 rings (SSSR count). The van der Waals surface area contributed by atoms with Gasteiger partial charge in [0.15, 0.2) is 5.78 Å². The molecule has 0 radical (unpaired) electrons. The zero-order valence-electron chi connectivity index (χ0n) is 10.2. The standard InChI is InChI=1S/C15H11ClF2O/c1-9-6-11(3-5-14(9)18)15(19)7-10-2-4-12(17)8-13(10)16/h2-6,8H,7H2,1H3. The minimum absolute atomic E-state index is 0.0597. The van der Waals surface area contributed by atoms with Crippen molar-refractivity contribution in [3.8, 4) is 0 Å². The Bertz CT molecular complexity index is 638. The van der Waals surface area contributed by atoms with Gasteiger partial charge in [0.1, 0.15) is 11.6 Å². The fourth-order valence-electron chi connectivity index (χ4n) is 1.76. The summed E-state index contributed by atoms with van der Waals surface area (Å²) in [5.41, 5.74) is 1.38. The van der Waals surface area contributed by atoms with E-state index >= 15 is 0 Å². The molecule has 0 aliphatic carbocycles. The van der Waals surface area contributed by atoms with Crippen LogP contribution in [-0.2, 0) is 6.42 Å². The number of rotatable bonds is 3. The molecular weight excluding hydrogens is 270 g/mol. The Hall–Kier alpha value is -1.74. The fourth-order valence-corrected chi connectivity index (χ4v) is 1.99.